The van der Waals surface area contributed by atoms with Crippen molar-refractivity contribution in [1.82, 2.24) is 15.5 Å². The number of nitrogens with zero attached hydrogens (tertiary/aromatic N) is 2. The van der Waals surface area contributed by atoms with Gasteiger partial charge in [0.1, 0.15) is 0 Å². The number of aliphatic imine (C=N–C) groups is 1. The lowest BCUT2D eigenvalue weighted by molar-refractivity contribution is 0.247. The summed E-state index contributed by atoms with van der Waals surface area (Å²) < 4.78 is 0. The number of rotatable bonds is 5. The van der Waals surface area contributed by atoms with Crippen LogP contribution in [-0.4, -0.2) is 49.6 Å². The van der Waals surface area contributed by atoms with Crippen LogP contribution in [0.5, 0.6) is 0 Å². The Kier molecular flexibility index (Phi) is 3.92. The molecule has 0 bridgehead atoms. The summed E-state index contributed by atoms with van der Waals surface area (Å²) in [5.74, 6) is 1.76. The molecule has 17 heavy (non-hydrogen) atoms. The lowest BCUT2D eigenvalue weighted by Crippen LogP contribution is -2.46. The zero-order valence-corrected chi connectivity index (χ0v) is 11.5. The molecule has 2 aliphatic rings. The number of likely N-dealkylation sites (N-methyl/N-ethyl adjacent to an activating group) is 1. The van der Waals surface area contributed by atoms with Crippen molar-refractivity contribution in [2.45, 2.75) is 51.2 Å². The van der Waals surface area contributed by atoms with Gasteiger partial charge in [0.05, 0.1) is 0 Å². The Morgan fingerprint density at radius 2 is 2.12 bits per heavy atom. The van der Waals surface area contributed by atoms with Crippen molar-refractivity contribution < 1.29 is 0 Å². The minimum atomic E-state index is 0.567. The summed E-state index contributed by atoms with van der Waals surface area (Å²) in [5, 5.41) is 6.87. The molecule has 4 heteroatoms. The smallest absolute Gasteiger partial charge is 0.191 e. The van der Waals surface area contributed by atoms with Gasteiger partial charge in [0, 0.05) is 31.7 Å². The molecule has 2 fully saturated rings. The lowest BCUT2D eigenvalue weighted by atomic mass is 10.3. The molecule has 0 aromatic carbocycles. The molecule has 0 aliphatic heterocycles. The van der Waals surface area contributed by atoms with Crippen LogP contribution in [0.2, 0.25) is 0 Å². The fourth-order valence-corrected chi connectivity index (χ4v) is 2.12. The zero-order chi connectivity index (χ0) is 12.4. The molecule has 0 amide bonds. The standard InChI is InChI=1S/C13H26N4/c1-9-7-12(9)16-13(14-3)15-8-10(2)17(4)11-5-6-11/h9-12H,5-8H2,1-4H3,(H2,14,15,16). The van der Waals surface area contributed by atoms with Gasteiger partial charge in [0.2, 0.25) is 0 Å². The summed E-state index contributed by atoms with van der Waals surface area (Å²) in [4.78, 5) is 6.74. The highest BCUT2D eigenvalue weighted by Gasteiger charge is 2.33. The Labute approximate surface area is 105 Å². The fraction of sp³-hybridized carbons (Fsp3) is 0.923. The molecule has 0 aromatic rings. The molecule has 0 aromatic heterocycles. The molecule has 3 atom stereocenters. The Morgan fingerprint density at radius 1 is 1.47 bits per heavy atom. The van der Waals surface area contributed by atoms with Crippen molar-refractivity contribution in [3.8, 4) is 0 Å². The molecular weight excluding hydrogens is 212 g/mol. The maximum absolute atomic E-state index is 4.27. The first-order valence-corrected chi connectivity index (χ1v) is 6.81. The molecule has 0 saturated heterocycles. The number of hydrogen-bond donors (Lipinski definition) is 2. The first-order chi connectivity index (χ1) is 8.11. The van der Waals surface area contributed by atoms with Crippen molar-refractivity contribution in [2.24, 2.45) is 10.9 Å². The van der Waals surface area contributed by atoms with E-state index in [0.29, 0.717) is 12.1 Å². The van der Waals surface area contributed by atoms with E-state index in [-0.39, 0.29) is 0 Å². The van der Waals surface area contributed by atoms with E-state index in [2.05, 4.69) is 41.4 Å². The summed E-state index contributed by atoms with van der Waals surface area (Å²) in [6.45, 7) is 5.51. The van der Waals surface area contributed by atoms with Crippen LogP contribution in [0, 0.1) is 5.92 Å². The molecule has 0 heterocycles. The fourth-order valence-electron chi connectivity index (χ4n) is 2.12. The van der Waals surface area contributed by atoms with E-state index in [9.17, 15) is 0 Å². The van der Waals surface area contributed by atoms with Gasteiger partial charge in [-0.1, -0.05) is 6.92 Å². The third kappa shape index (κ3) is 3.60. The number of guanidine groups is 1. The van der Waals surface area contributed by atoms with Gasteiger partial charge >= 0.3 is 0 Å². The molecule has 3 unspecified atom stereocenters. The number of hydrogen-bond acceptors (Lipinski definition) is 2. The lowest BCUT2D eigenvalue weighted by Gasteiger charge is -2.25. The first-order valence-electron chi connectivity index (χ1n) is 6.81. The molecular formula is C13H26N4. The van der Waals surface area contributed by atoms with Crippen molar-refractivity contribution in [3.63, 3.8) is 0 Å². The molecule has 2 N–H and O–H groups in total. The third-order valence-corrected chi connectivity index (χ3v) is 4.04. The van der Waals surface area contributed by atoms with Crippen molar-refractivity contribution >= 4 is 5.96 Å². The van der Waals surface area contributed by atoms with Crippen LogP contribution in [0.25, 0.3) is 0 Å². The predicted molar refractivity (Wildman–Crippen MR) is 72.3 cm³/mol. The van der Waals surface area contributed by atoms with Gasteiger partial charge in [-0.05, 0) is 39.2 Å². The Balaban J connectivity index is 1.68. The van der Waals surface area contributed by atoms with E-state index in [0.717, 1.165) is 24.5 Å². The predicted octanol–water partition coefficient (Wildman–Crippen LogP) is 1.04. The largest absolute Gasteiger partial charge is 0.355 e. The normalized spacial score (nSPS) is 30.3. The van der Waals surface area contributed by atoms with Crippen LogP contribution in [0.4, 0.5) is 0 Å². The van der Waals surface area contributed by atoms with E-state index in [1.807, 2.05) is 7.05 Å². The van der Waals surface area contributed by atoms with Crippen molar-refractivity contribution in [1.29, 1.82) is 0 Å². The topological polar surface area (TPSA) is 39.7 Å². The molecule has 0 spiro atoms. The second kappa shape index (κ2) is 5.25. The maximum atomic E-state index is 4.27. The van der Waals surface area contributed by atoms with Crippen LogP contribution >= 0.6 is 0 Å². The molecule has 0 radical (unpaired) electrons. The molecule has 4 nitrogen and oxygen atoms in total. The zero-order valence-electron chi connectivity index (χ0n) is 11.5. The summed E-state index contributed by atoms with van der Waals surface area (Å²) >= 11 is 0. The quantitative estimate of drug-likeness (QED) is 0.555. The van der Waals surface area contributed by atoms with E-state index in [4.69, 9.17) is 0 Å². The van der Waals surface area contributed by atoms with Crippen LogP contribution < -0.4 is 10.6 Å². The van der Waals surface area contributed by atoms with E-state index < -0.39 is 0 Å². The Morgan fingerprint density at radius 3 is 2.59 bits per heavy atom. The highest BCUT2D eigenvalue weighted by atomic mass is 15.2. The van der Waals surface area contributed by atoms with Gasteiger partial charge in [-0.3, -0.25) is 9.89 Å². The van der Waals surface area contributed by atoms with E-state index >= 15 is 0 Å². The molecule has 2 saturated carbocycles. The van der Waals surface area contributed by atoms with Crippen LogP contribution in [0.15, 0.2) is 4.99 Å². The second-order valence-electron chi connectivity index (χ2n) is 5.66. The molecule has 2 rings (SSSR count). The van der Waals surface area contributed by atoms with Gasteiger partial charge < -0.3 is 10.6 Å². The SMILES string of the molecule is CN=C(NCC(C)N(C)C1CC1)NC1CC1C. The van der Waals surface area contributed by atoms with E-state index in [1.54, 1.807) is 0 Å². The van der Waals surface area contributed by atoms with Crippen LogP contribution in [0.1, 0.15) is 33.1 Å². The van der Waals surface area contributed by atoms with Crippen LogP contribution in [-0.2, 0) is 0 Å². The first kappa shape index (κ1) is 12.7. The number of nitrogens with one attached hydrogen (secondary N) is 2. The Hall–Kier alpha value is -0.770. The Bertz CT molecular complexity index is 285. The molecule has 2 aliphatic carbocycles. The summed E-state index contributed by atoms with van der Waals surface area (Å²) in [6.07, 6.45) is 4.01. The van der Waals surface area contributed by atoms with Gasteiger partial charge in [0.25, 0.3) is 0 Å². The summed E-state index contributed by atoms with van der Waals surface area (Å²) in [5.41, 5.74) is 0. The molecule has 98 valence electrons. The third-order valence-electron chi connectivity index (χ3n) is 4.04. The summed E-state index contributed by atoms with van der Waals surface area (Å²) in [6, 6.07) is 2.03. The van der Waals surface area contributed by atoms with Gasteiger partial charge in [-0.25, -0.2) is 0 Å². The maximum Gasteiger partial charge on any atom is 0.191 e. The van der Waals surface area contributed by atoms with Gasteiger partial charge in [-0.15, -0.1) is 0 Å². The second-order valence-corrected chi connectivity index (χ2v) is 5.66. The minimum absolute atomic E-state index is 0.567. The monoisotopic (exact) mass is 238 g/mol. The summed E-state index contributed by atoms with van der Waals surface area (Å²) in [7, 11) is 4.07. The van der Waals surface area contributed by atoms with Crippen molar-refractivity contribution in [2.75, 3.05) is 20.6 Å². The van der Waals surface area contributed by atoms with Crippen LogP contribution in [0.3, 0.4) is 0 Å². The highest BCUT2D eigenvalue weighted by molar-refractivity contribution is 5.80. The minimum Gasteiger partial charge on any atom is -0.355 e. The van der Waals surface area contributed by atoms with Gasteiger partial charge in [0.15, 0.2) is 5.96 Å². The van der Waals surface area contributed by atoms with Crippen molar-refractivity contribution in [3.05, 3.63) is 0 Å². The van der Waals surface area contributed by atoms with Gasteiger partial charge in [-0.2, -0.15) is 0 Å². The van der Waals surface area contributed by atoms with E-state index in [1.165, 1.54) is 19.3 Å². The highest BCUT2D eigenvalue weighted by Crippen LogP contribution is 2.29. The average molecular weight is 238 g/mol. The average Bonchev–Trinajstić information content (AvgIpc) is 3.20.